The van der Waals surface area contributed by atoms with Crippen molar-refractivity contribution in [2.75, 3.05) is 45.2 Å². The van der Waals surface area contributed by atoms with Gasteiger partial charge in [-0.15, -0.1) is 0 Å². The Bertz CT molecular complexity index is 528. The van der Waals surface area contributed by atoms with Gasteiger partial charge in [-0.05, 0) is 13.8 Å². The summed E-state index contributed by atoms with van der Waals surface area (Å²) in [4.78, 5) is 22.6. The lowest BCUT2D eigenvalue weighted by Crippen LogP contribution is -2.59. The lowest BCUT2D eigenvalue weighted by Gasteiger charge is -2.42. The van der Waals surface area contributed by atoms with Crippen molar-refractivity contribution in [3.63, 3.8) is 0 Å². The molecule has 1 fully saturated rings. The zero-order chi connectivity index (χ0) is 16.5. The fraction of sp³-hybridized carbons (Fsp3) is 0.733. The van der Waals surface area contributed by atoms with Crippen molar-refractivity contribution in [1.29, 1.82) is 0 Å². The van der Waals surface area contributed by atoms with E-state index in [4.69, 9.17) is 5.73 Å². The van der Waals surface area contributed by atoms with Gasteiger partial charge in [0, 0.05) is 53.9 Å². The molecule has 0 aromatic carbocycles. The molecule has 2 heterocycles. The van der Waals surface area contributed by atoms with Crippen LogP contribution in [0.2, 0.25) is 0 Å². The molecule has 1 aromatic rings. The summed E-state index contributed by atoms with van der Waals surface area (Å²) >= 11 is 0. The molecule has 1 aromatic heterocycles. The van der Waals surface area contributed by atoms with Crippen LogP contribution in [0.4, 0.5) is 5.95 Å². The Morgan fingerprint density at radius 1 is 1.32 bits per heavy atom. The zero-order valence-electron chi connectivity index (χ0n) is 14.3. The van der Waals surface area contributed by atoms with Crippen LogP contribution < -0.4 is 10.6 Å². The average Bonchev–Trinajstić information content (AvgIpc) is 2.81. The summed E-state index contributed by atoms with van der Waals surface area (Å²) in [7, 11) is 6.04. The second-order valence-electron chi connectivity index (χ2n) is 6.69. The summed E-state index contributed by atoms with van der Waals surface area (Å²) < 4.78 is 2.12. The highest BCUT2D eigenvalue weighted by Gasteiger charge is 2.34. The Morgan fingerprint density at radius 3 is 2.36 bits per heavy atom. The Hall–Kier alpha value is -1.60. The van der Waals surface area contributed by atoms with E-state index in [1.54, 1.807) is 0 Å². The summed E-state index contributed by atoms with van der Waals surface area (Å²) in [6, 6.07) is 0. The van der Waals surface area contributed by atoms with Crippen LogP contribution in [0.1, 0.15) is 19.5 Å². The molecular formula is C15H28N6O. The molecule has 0 radical (unpaired) electrons. The monoisotopic (exact) mass is 308 g/mol. The highest BCUT2D eigenvalue weighted by Crippen LogP contribution is 2.18. The van der Waals surface area contributed by atoms with E-state index in [9.17, 15) is 4.79 Å². The van der Waals surface area contributed by atoms with Gasteiger partial charge >= 0.3 is 0 Å². The van der Waals surface area contributed by atoms with E-state index >= 15 is 0 Å². The first-order valence-electron chi connectivity index (χ1n) is 7.68. The first-order valence-corrected chi connectivity index (χ1v) is 7.68. The third-order valence-corrected chi connectivity index (χ3v) is 4.61. The molecule has 2 N–H and O–H groups in total. The first kappa shape index (κ1) is 16.8. The second kappa shape index (κ2) is 6.26. The first-order chi connectivity index (χ1) is 10.2. The fourth-order valence-electron chi connectivity index (χ4n) is 2.85. The topological polar surface area (TPSA) is 70.6 Å². The summed E-state index contributed by atoms with van der Waals surface area (Å²) in [5.41, 5.74) is 6.13. The van der Waals surface area contributed by atoms with Gasteiger partial charge in [0.2, 0.25) is 11.9 Å². The van der Waals surface area contributed by atoms with Crippen molar-refractivity contribution in [3.05, 3.63) is 11.9 Å². The van der Waals surface area contributed by atoms with Gasteiger partial charge in [-0.2, -0.15) is 0 Å². The average molecular weight is 308 g/mol. The van der Waals surface area contributed by atoms with Crippen LogP contribution in [0.3, 0.4) is 0 Å². The summed E-state index contributed by atoms with van der Waals surface area (Å²) in [6.45, 7) is 8.24. The smallest absolute Gasteiger partial charge is 0.237 e. The number of nitrogens with zero attached hydrogens (tertiary/aromatic N) is 5. The molecule has 0 saturated carbocycles. The Labute approximate surface area is 132 Å². The summed E-state index contributed by atoms with van der Waals surface area (Å²) in [5, 5.41) is 0. The van der Waals surface area contributed by atoms with Crippen LogP contribution >= 0.6 is 0 Å². The van der Waals surface area contributed by atoms with Crippen molar-refractivity contribution in [2.45, 2.75) is 25.9 Å². The number of anilines is 1. The van der Waals surface area contributed by atoms with Gasteiger partial charge in [-0.25, -0.2) is 4.98 Å². The van der Waals surface area contributed by atoms with E-state index in [1.165, 1.54) is 5.69 Å². The maximum absolute atomic E-state index is 11.6. The van der Waals surface area contributed by atoms with Crippen LogP contribution in [0.15, 0.2) is 6.20 Å². The van der Waals surface area contributed by atoms with Crippen molar-refractivity contribution in [3.8, 4) is 0 Å². The number of aromatic nitrogens is 2. The zero-order valence-corrected chi connectivity index (χ0v) is 14.3. The van der Waals surface area contributed by atoms with E-state index in [0.29, 0.717) is 0 Å². The molecule has 22 heavy (non-hydrogen) atoms. The molecule has 1 aliphatic heterocycles. The standard InChI is InChI=1S/C15H28N6O/c1-15(2,13(16)22)21-8-6-20(7-9-21)11-12-10-17-14(18(3)4)19(12)5/h10H,6-9,11H2,1-5H3,(H2,16,22). The van der Waals surface area contributed by atoms with Gasteiger partial charge in [-0.3, -0.25) is 14.6 Å². The number of rotatable bonds is 5. The van der Waals surface area contributed by atoms with Crippen LogP contribution in [0.5, 0.6) is 0 Å². The summed E-state index contributed by atoms with van der Waals surface area (Å²) in [6.07, 6.45) is 1.94. The van der Waals surface area contributed by atoms with Gasteiger partial charge in [0.25, 0.3) is 0 Å². The van der Waals surface area contributed by atoms with E-state index in [1.807, 2.05) is 46.1 Å². The molecule has 1 saturated heterocycles. The molecule has 124 valence electrons. The van der Waals surface area contributed by atoms with Gasteiger partial charge in [0.05, 0.1) is 17.4 Å². The number of carbonyl (C=O) groups excluding carboxylic acids is 1. The number of carbonyl (C=O) groups is 1. The van der Waals surface area contributed by atoms with Crippen molar-refractivity contribution in [2.24, 2.45) is 12.8 Å². The van der Waals surface area contributed by atoms with Crippen molar-refractivity contribution < 1.29 is 4.79 Å². The molecule has 7 nitrogen and oxygen atoms in total. The Morgan fingerprint density at radius 2 is 1.91 bits per heavy atom. The predicted octanol–water partition coefficient (Wildman–Crippen LogP) is -0.132. The quantitative estimate of drug-likeness (QED) is 0.820. The van der Waals surface area contributed by atoms with Crippen molar-refractivity contribution in [1.82, 2.24) is 19.4 Å². The largest absolute Gasteiger partial charge is 0.368 e. The molecule has 0 aliphatic carbocycles. The number of imidazole rings is 1. The lowest BCUT2D eigenvalue weighted by molar-refractivity contribution is -0.129. The number of piperazine rings is 1. The van der Waals surface area contributed by atoms with Gasteiger partial charge in [0.1, 0.15) is 0 Å². The molecule has 0 atom stereocenters. The molecule has 1 amide bonds. The fourth-order valence-corrected chi connectivity index (χ4v) is 2.85. The number of hydrogen-bond acceptors (Lipinski definition) is 5. The van der Waals surface area contributed by atoms with Gasteiger partial charge < -0.3 is 15.2 Å². The molecule has 7 heteroatoms. The maximum Gasteiger partial charge on any atom is 0.237 e. The minimum atomic E-state index is -0.573. The lowest BCUT2D eigenvalue weighted by atomic mass is 10.0. The Kier molecular flexibility index (Phi) is 4.77. The van der Waals surface area contributed by atoms with E-state index < -0.39 is 5.54 Å². The minimum Gasteiger partial charge on any atom is -0.368 e. The van der Waals surface area contributed by atoms with Crippen LogP contribution in [0.25, 0.3) is 0 Å². The molecule has 0 unspecified atom stereocenters. The highest BCUT2D eigenvalue weighted by atomic mass is 16.1. The van der Waals surface area contributed by atoms with Crippen LogP contribution in [0, 0.1) is 0 Å². The van der Waals surface area contributed by atoms with E-state index in [0.717, 1.165) is 38.7 Å². The van der Waals surface area contributed by atoms with Crippen molar-refractivity contribution >= 4 is 11.9 Å². The molecule has 0 bridgehead atoms. The van der Waals surface area contributed by atoms with Gasteiger partial charge in [-0.1, -0.05) is 0 Å². The highest BCUT2D eigenvalue weighted by molar-refractivity contribution is 5.83. The summed E-state index contributed by atoms with van der Waals surface area (Å²) in [5.74, 6) is 0.701. The molecule has 1 aliphatic rings. The third kappa shape index (κ3) is 3.25. The normalized spacial score (nSPS) is 17.7. The van der Waals surface area contributed by atoms with Crippen LogP contribution in [-0.2, 0) is 18.4 Å². The molecule has 0 spiro atoms. The predicted molar refractivity (Wildman–Crippen MR) is 87.7 cm³/mol. The molecular weight excluding hydrogens is 280 g/mol. The number of primary amides is 1. The maximum atomic E-state index is 11.6. The number of amides is 1. The van der Waals surface area contributed by atoms with E-state index in [2.05, 4.69) is 19.4 Å². The van der Waals surface area contributed by atoms with Crippen LogP contribution in [-0.4, -0.2) is 71.1 Å². The SMILES string of the molecule is CN(C)c1ncc(CN2CCN(C(C)(C)C(N)=O)CC2)n1C. The minimum absolute atomic E-state index is 0.261. The Balaban J connectivity index is 1.94. The number of hydrogen-bond donors (Lipinski definition) is 1. The number of nitrogens with two attached hydrogens (primary N) is 1. The third-order valence-electron chi connectivity index (χ3n) is 4.61. The molecule has 2 rings (SSSR count). The van der Waals surface area contributed by atoms with Gasteiger partial charge in [0.15, 0.2) is 0 Å². The second-order valence-corrected chi connectivity index (χ2v) is 6.69. The van der Waals surface area contributed by atoms with E-state index in [-0.39, 0.29) is 5.91 Å².